The largest absolute Gasteiger partial charge is 0.339 e. The average Bonchev–Trinajstić information content (AvgIpc) is 3.34. The summed E-state index contributed by atoms with van der Waals surface area (Å²) in [5.41, 5.74) is 3.99. The number of thioether (sulfide) groups is 1. The highest BCUT2D eigenvalue weighted by Gasteiger charge is 2.23. The topological polar surface area (TPSA) is 86.1 Å². The summed E-state index contributed by atoms with van der Waals surface area (Å²) in [6.45, 7) is 1.47. The molecule has 1 N–H and O–H groups in total. The number of thiazole rings is 1. The molecule has 0 radical (unpaired) electrons. The lowest BCUT2D eigenvalue weighted by Crippen LogP contribution is -2.36. The van der Waals surface area contributed by atoms with Crippen molar-refractivity contribution in [2.75, 3.05) is 18.4 Å². The molecule has 1 aliphatic heterocycles. The molecule has 0 atom stereocenters. The van der Waals surface area contributed by atoms with E-state index in [4.69, 9.17) is 0 Å². The van der Waals surface area contributed by atoms with Gasteiger partial charge in [-0.15, -0.1) is 11.3 Å². The predicted molar refractivity (Wildman–Crippen MR) is 144 cm³/mol. The molecule has 1 saturated heterocycles. The Labute approximate surface area is 218 Å². The number of likely N-dealkylation sites (tertiary alicyclic amines) is 1. The van der Waals surface area contributed by atoms with Crippen molar-refractivity contribution in [3.05, 3.63) is 89.0 Å². The van der Waals surface area contributed by atoms with Gasteiger partial charge in [0, 0.05) is 24.5 Å². The first-order chi connectivity index (χ1) is 17.6. The zero-order valence-corrected chi connectivity index (χ0v) is 21.2. The van der Waals surface area contributed by atoms with Gasteiger partial charge in [-0.25, -0.2) is 4.98 Å². The Kier molecular flexibility index (Phi) is 7.31. The maximum absolute atomic E-state index is 13.2. The number of carbonyl (C=O) groups is 2. The Morgan fingerprint density at radius 2 is 1.75 bits per heavy atom. The van der Waals surface area contributed by atoms with Gasteiger partial charge in [-0.1, -0.05) is 42.1 Å². The van der Waals surface area contributed by atoms with Gasteiger partial charge in [-0.2, -0.15) is 5.26 Å². The minimum absolute atomic E-state index is 0.0852. The van der Waals surface area contributed by atoms with Crippen LogP contribution in [0.2, 0.25) is 0 Å². The van der Waals surface area contributed by atoms with Crippen LogP contribution in [0.5, 0.6) is 0 Å². The van der Waals surface area contributed by atoms with Crippen LogP contribution in [-0.4, -0.2) is 34.8 Å². The van der Waals surface area contributed by atoms with Gasteiger partial charge in [0.1, 0.15) is 0 Å². The third kappa shape index (κ3) is 5.27. The van der Waals surface area contributed by atoms with E-state index in [0.29, 0.717) is 28.1 Å². The van der Waals surface area contributed by atoms with Crippen LogP contribution in [0.3, 0.4) is 0 Å². The van der Waals surface area contributed by atoms with Crippen molar-refractivity contribution in [1.82, 2.24) is 9.88 Å². The molecule has 1 fully saturated rings. The van der Waals surface area contributed by atoms with E-state index in [1.807, 2.05) is 47.4 Å². The van der Waals surface area contributed by atoms with Gasteiger partial charge < -0.3 is 10.2 Å². The third-order valence-corrected chi connectivity index (χ3v) is 8.37. The second-order valence-corrected chi connectivity index (χ2v) is 10.8. The Morgan fingerprint density at radius 1 is 1.00 bits per heavy atom. The molecule has 180 valence electrons. The molecule has 5 rings (SSSR count). The molecular formula is C28H24N4O2S2. The third-order valence-electron chi connectivity index (χ3n) is 6.16. The lowest BCUT2D eigenvalue weighted by atomic mass is 10.0. The number of nitriles is 1. The number of benzene rings is 3. The highest BCUT2D eigenvalue weighted by atomic mass is 32.2. The van der Waals surface area contributed by atoms with Crippen LogP contribution in [0.1, 0.15) is 51.1 Å². The van der Waals surface area contributed by atoms with E-state index < -0.39 is 0 Å². The second-order valence-electron chi connectivity index (χ2n) is 8.57. The van der Waals surface area contributed by atoms with Crippen molar-refractivity contribution < 1.29 is 9.59 Å². The molecule has 8 heteroatoms. The molecule has 36 heavy (non-hydrogen) atoms. The molecule has 1 aromatic heterocycles. The first-order valence-electron chi connectivity index (χ1n) is 11.8. The van der Waals surface area contributed by atoms with E-state index in [-0.39, 0.29) is 11.8 Å². The minimum atomic E-state index is -0.303. The number of hydrogen-bond acceptors (Lipinski definition) is 6. The number of amides is 2. The summed E-state index contributed by atoms with van der Waals surface area (Å²) in [6, 6.07) is 22.4. The highest BCUT2D eigenvalue weighted by Crippen LogP contribution is 2.33. The fourth-order valence-electron chi connectivity index (χ4n) is 4.27. The van der Waals surface area contributed by atoms with E-state index in [9.17, 15) is 14.9 Å². The Hall–Kier alpha value is -3.67. The monoisotopic (exact) mass is 512 g/mol. The molecule has 0 spiro atoms. The molecule has 0 bridgehead atoms. The van der Waals surface area contributed by atoms with Crippen molar-refractivity contribution in [1.29, 1.82) is 5.26 Å². The molecular weight excluding hydrogens is 488 g/mol. The first-order valence-corrected chi connectivity index (χ1v) is 13.6. The van der Waals surface area contributed by atoms with Crippen LogP contribution in [-0.2, 0) is 5.75 Å². The van der Waals surface area contributed by atoms with Gasteiger partial charge in [-0.3, -0.25) is 9.59 Å². The van der Waals surface area contributed by atoms with E-state index in [1.165, 1.54) is 0 Å². The lowest BCUT2D eigenvalue weighted by molar-refractivity contribution is 0.0720. The molecule has 2 heterocycles. The summed E-state index contributed by atoms with van der Waals surface area (Å²) >= 11 is 3.14. The number of hydrogen-bond donors (Lipinski definition) is 1. The number of anilines is 1. The normalized spacial score (nSPS) is 13.4. The number of rotatable bonds is 6. The van der Waals surface area contributed by atoms with Crippen LogP contribution >= 0.6 is 23.1 Å². The zero-order valence-electron chi connectivity index (χ0n) is 19.6. The van der Waals surface area contributed by atoms with Crippen LogP contribution in [0, 0.1) is 11.3 Å². The Morgan fingerprint density at radius 3 is 2.56 bits per heavy atom. The van der Waals surface area contributed by atoms with Gasteiger partial charge in [-0.05, 0) is 61.2 Å². The summed E-state index contributed by atoms with van der Waals surface area (Å²) in [6.07, 6.45) is 3.14. The van der Waals surface area contributed by atoms with E-state index in [0.717, 1.165) is 52.5 Å². The predicted octanol–water partition coefficient (Wildman–Crippen LogP) is 6.34. The Balaban J connectivity index is 1.30. The number of nitrogens with one attached hydrogen (secondary N) is 1. The minimum Gasteiger partial charge on any atom is -0.339 e. The standard InChI is InChI=1S/C28H24N4O2S2/c29-17-19-8-2-3-9-20(19)18-35-28-31-24-13-12-21(16-25(24)36-28)30-26(33)22-10-4-5-11-23(22)27(34)32-14-6-1-7-15-32/h2-5,8-13,16H,1,6-7,14-15,18H2,(H,30,33). The van der Waals surface area contributed by atoms with Crippen molar-refractivity contribution in [2.45, 2.75) is 29.4 Å². The molecule has 3 aromatic carbocycles. The van der Waals surface area contributed by atoms with Gasteiger partial charge in [0.15, 0.2) is 4.34 Å². The van der Waals surface area contributed by atoms with Gasteiger partial charge in [0.25, 0.3) is 11.8 Å². The van der Waals surface area contributed by atoms with E-state index in [1.54, 1.807) is 47.4 Å². The van der Waals surface area contributed by atoms with Crippen molar-refractivity contribution in [2.24, 2.45) is 0 Å². The van der Waals surface area contributed by atoms with E-state index >= 15 is 0 Å². The molecule has 4 aromatic rings. The quantitative estimate of drug-likeness (QED) is 0.305. The molecule has 0 unspecified atom stereocenters. The van der Waals surface area contributed by atoms with Crippen LogP contribution < -0.4 is 5.32 Å². The summed E-state index contributed by atoms with van der Waals surface area (Å²) in [5.74, 6) is 0.273. The second kappa shape index (κ2) is 10.9. The van der Waals surface area contributed by atoms with Gasteiger partial charge in [0.05, 0.1) is 33.0 Å². The summed E-state index contributed by atoms with van der Waals surface area (Å²) < 4.78 is 1.86. The number of fused-ring (bicyclic) bond motifs is 1. The van der Waals surface area contributed by atoms with Crippen molar-refractivity contribution in [3.63, 3.8) is 0 Å². The highest BCUT2D eigenvalue weighted by molar-refractivity contribution is 8.00. The SMILES string of the molecule is N#Cc1ccccc1CSc1nc2ccc(NC(=O)c3ccccc3C(=O)N3CCCCC3)cc2s1. The lowest BCUT2D eigenvalue weighted by Gasteiger charge is -2.27. The summed E-state index contributed by atoms with van der Waals surface area (Å²) in [5, 5.41) is 12.3. The molecule has 0 aliphatic carbocycles. The fourth-order valence-corrected chi connectivity index (χ4v) is 6.38. The number of carbonyl (C=O) groups excluding carboxylic acids is 2. The number of aromatic nitrogens is 1. The first kappa shape index (κ1) is 24.0. The fraction of sp³-hybridized carbons (Fsp3) is 0.214. The summed E-state index contributed by atoms with van der Waals surface area (Å²) in [4.78, 5) is 32.8. The molecule has 2 amide bonds. The summed E-state index contributed by atoms with van der Waals surface area (Å²) in [7, 11) is 0. The van der Waals surface area contributed by atoms with E-state index in [2.05, 4.69) is 16.4 Å². The number of piperidine rings is 1. The van der Waals surface area contributed by atoms with Crippen LogP contribution in [0.4, 0.5) is 5.69 Å². The molecule has 1 aliphatic rings. The number of nitrogens with zero attached hydrogens (tertiary/aromatic N) is 3. The van der Waals surface area contributed by atoms with Crippen molar-refractivity contribution in [3.8, 4) is 6.07 Å². The van der Waals surface area contributed by atoms with Crippen LogP contribution in [0.15, 0.2) is 71.1 Å². The maximum Gasteiger partial charge on any atom is 0.256 e. The smallest absolute Gasteiger partial charge is 0.256 e. The maximum atomic E-state index is 13.2. The molecule has 6 nitrogen and oxygen atoms in total. The average molecular weight is 513 g/mol. The van der Waals surface area contributed by atoms with Gasteiger partial charge >= 0.3 is 0 Å². The van der Waals surface area contributed by atoms with Crippen LogP contribution in [0.25, 0.3) is 10.2 Å². The molecule has 0 saturated carbocycles. The van der Waals surface area contributed by atoms with Crippen molar-refractivity contribution >= 4 is 50.8 Å². The van der Waals surface area contributed by atoms with Gasteiger partial charge in [0.2, 0.25) is 0 Å². The Bertz CT molecular complexity index is 1470. The zero-order chi connectivity index (χ0) is 24.9.